The Hall–Kier alpha value is -3.97. The molecule has 1 aromatic heterocycles. The summed E-state index contributed by atoms with van der Waals surface area (Å²) >= 11 is 5.90. The zero-order valence-corrected chi connectivity index (χ0v) is 24.2. The number of aromatic nitrogens is 2. The minimum Gasteiger partial charge on any atom is -0.319 e. The van der Waals surface area contributed by atoms with Crippen molar-refractivity contribution in [3.63, 3.8) is 0 Å². The van der Waals surface area contributed by atoms with Crippen LogP contribution in [0.4, 0.5) is 0 Å². The quantitative estimate of drug-likeness (QED) is 0.128. The molecule has 208 valence electrons. The van der Waals surface area contributed by atoms with Gasteiger partial charge in [-0.3, -0.25) is 0 Å². The van der Waals surface area contributed by atoms with Crippen LogP contribution in [0.15, 0.2) is 140 Å². The number of aryl methyl sites for hydroxylation is 1. The molecule has 0 aliphatic carbocycles. The Morgan fingerprint density at radius 2 is 1.29 bits per heavy atom. The third-order valence-electron chi connectivity index (χ3n) is 7.06. The summed E-state index contributed by atoms with van der Waals surface area (Å²) in [6.07, 6.45) is 8.97. The first-order valence-electron chi connectivity index (χ1n) is 13.5. The molecular weight excluding hydrogens is 550 g/mol. The van der Waals surface area contributed by atoms with Crippen LogP contribution in [0.5, 0.6) is 0 Å². The number of imidazole rings is 1. The van der Waals surface area contributed by atoms with Crippen molar-refractivity contribution in [3.8, 4) is 0 Å². The maximum atomic E-state index is 12.4. The molecule has 0 saturated heterocycles. The summed E-state index contributed by atoms with van der Waals surface area (Å²) in [5.41, 5.74) is 4.60. The van der Waals surface area contributed by atoms with Crippen LogP contribution in [-0.4, -0.2) is 23.7 Å². The molecule has 4 aromatic carbocycles. The van der Waals surface area contributed by atoms with Gasteiger partial charge in [0.25, 0.3) is 0 Å². The topological polar surface area (TPSA) is 64.0 Å². The summed E-state index contributed by atoms with van der Waals surface area (Å²) in [6.45, 7) is 0.233. The van der Waals surface area contributed by atoms with Crippen molar-refractivity contribution in [2.75, 3.05) is 5.75 Å². The normalized spacial score (nSPS) is 12.1. The lowest BCUT2D eigenvalue weighted by molar-refractivity contribution is 0.514. The average molecular weight is 582 g/mol. The molecule has 5 rings (SSSR count). The van der Waals surface area contributed by atoms with E-state index in [1.807, 2.05) is 42.7 Å². The monoisotopic (exact) mass is 581 g/mol. The molecule has 0 fully saturated rings. The number of halogens is 1. The Labute approximate surface area is 247 Å². The number of sulfonamides is 1. The van der Waals surface area contributed by atoms with Gasteiger partial charge in [-0.1, -0.05) is 127 Å². The van der Waals surface area contributed by atoms with E-state index >= 15 is 0 Å². The minimum absolute atomic E-state index is 0.0752. The van der Waals surface area contributed by atoms with E-state index in [9.17, 15) is 8.42 Å². The number of rotatable bonds is 12. The molecular formula is C34H32ClN3O2S. The number of benzene rings is 4. The highest BCUT2D eigenvalue weighted by Gasteiger charge is 2.38. The molecule has 0 unspecified atom stereocenters. The Morgan fingerprint density at radius 1 is 0.756 bits per heavy atom. The van der Waals surface area contributed by atoms with Gasteiger partial charge < -0.3 is 4.57 Å². The van der Waals surface area contributed by atoms with Crippen LogP contribution in [0.2, 0.25) is 5.02 Å². The van der Waals surface area contributed by atoms with Crippen molar-refractivity contribution in [1.29, 1.82) is 0 Å². The van der Waals surface area contributed by atoms with Crippen LogP contribution in [0.3, 0.4) is 0 Å². The molecule has 5 nitrogen and oxygen atoms in total. The van der Waals surface area contributed by atoms with Gasteiger partial charge in [-0.05, 0) is 47.2 Å². The van der Waals surface area contributed by atoms with Crippen molar-refractivity contribution in [2.45, 2.75) is 24.9 Å². The maximum Gasteiger partial charge on any atom is 0.215 e. The second-order valence-electron chi connectivity index (χ2n) is 9.82. The summed E-state index contributed by atoms with van der Waals surface area (Å²) in [5, 5.41) is 0.621. The first kappa shape index (κ1) is 28.6. The standard InChI is InChI=1S/C34H32ClN3O2S/c35-32-22-20-28(21-23-32)25-37-41(39,40)24-12-4-11-19-33-26-38(27-36-33)34(29-13-5-1-6-14-29,30-15-7-2-8-16-30)31-17-9-3-10-18-31/h1-10,12-18,20-23,26-27,37H,11,19,24-25H2. The lowest BCUT2D eigenvalue weighted by atomic mass is 9.77. The third-order valence-corrected chi connectivity index (χ3v) is 8.52. The molecule has 1 heterocycles. The number of nitrogens with one attached hydrogen (secondary N) is 1. The van der Waals surface area contributed by atoms with Crippen LogP contribution in [0.25, 0.3) is 0 Å². The summed E-state index contributed by atoms with van der Waals surface area (Å²) < 4.78 is 29.7. The summed E-state index contributed by atoms with van der Waals surface area (Å²) in [6, 6.07) is 38.5. The third kappa shape index (κ3) is 6.85. The Bertz CT molecular complexity index is 1570. The lowest BCUT2D eigenvalue weighted by Gasteiger charge is -2.37. The van der Waals surface area contributed by atoms with Crippen LogP contribution < -0.4 is 4.72 Å². The van der Waals surface area contributed by atoms with Gasteiger partial charge in [0.1, 0.15) is 5.54 Å². The van der Waals surface area contributed by atoms with Crippen LogP contribution in [0, 0.1) is 0 Å². The molecule has 0 saturated carbocycles. The molecule has 1 N–H and O–H groups in total. The number of nitrogens with zero attached hydrogens (tertiary/aromatic N) is 2. The van der Waals surface area contributed by atoms with Crippen LogP contribution in [-0.2, 0) is 28.5 Å². The zero-order chi connectivity index (χ0) is 28.5. The van der Waals surface area contributed by atoms with Gasteiger partial charge in [-0.2, -0.15) is 0 Å². The highest BCUT2D eigenvalue weighted by atomic mass is 35.5. The molecule has 0 atom stereocenters. The molecule has 0 spiro atoms. The van der Waals surface area contributed by atoms with Crippen LogP contribution in [0.1, 0.15) is 34.4 Å². The molecule has 0 amide bonds. The number of hydrogen-bond acceptors (Lipinski definition) is 3. The Kier molecular flexibility index (Phi) is 9.14. The van der Waals surface area contributed by atoms with Crippen molar-refractivity contribution < 1.29 is 8.42 Å². The van der Waals surface area contributed by atoms with E-state index < -0.39 is 15.6 Å². The van der Waals surface area contributed by atoms with Gasteiger partial charge in [0.15, 0.2) is 0 Å². The van der Waals surface area contributed by atoms with E-state index in [0.29, 0.717) is 17.9 Å². The Balaban J connectivity index is 1.32. The van der Waals surface area contributed by atoms with E-state index in [1.165, 1.54) is 0 Å². The average Bonchev–Trinajstić information content (AvgIpc) is 3.48. The molecule has 7 heteroatoms. The van der Waals surface area contributed by atoms with Gasteiger partial charge in [-0.15, -0.1) is 0 Å². The van der Waals surface area contributed by atoms with E-state index in [1.54, 1.807) is 18.2 Å². The predicted molar refractivity (Wildman–Crippen MR) is 166 cm³/mol. The molecule has 0 aliphatic heterocycles. The van der Waals surface area contributed by atoms with Gasteiger partial charge in [-0.25, -0.2) is 18.1 Å². The van der Waals surface area contributed by atoms with Crippen molar-refractivity contribution in [1.82, 2.24) is 14.3 Å². The minimum atomic E-state index is -3.43. The SMILES string of the molecule is O=S(=O)(CC=CCCc1cn(C(c2ccccc2)(c2ccccc2)c2ccccc2)cn1)NCc1ccc(Cl)cc1. The fourth-order valence-corrected chi connectivity index (χ4v) is 6.08. The molecule has 0 aliphatic rings. The highest BCUT2D eigenvalue weighted by Crippen LogP contribution is 2.40. The van der Waals surface area contributed by atoms with Crippen molar-refractivity contribution >= 4 is 21.6 Å². The smallest absolute Gasteiger partial charge is 0.215 e. The second kappa shape index (κ2) is 13.1. The lowest BCUT2D eigenvalue weighted by Crippen LogP contribution is -2.36. The predicted octanol–water partition coefficient (Wildman–Crippen LogP) is 6.99. The summed E-state index contributed by atoms with van der Waals surface area (Å²) in [7, 11) is -3.43. The Morgan fingerprint density at radius 3 is 1.83 bits per heavy atom. The van der Waals surface area contributed by atoms with E-state index in [-0.39, 0.29) is 12.3 Å². The maximum absolute atomic E-state index is 12.4. The van der Waals surface area contributed by atoms with Crippen molar-refractivity contribution in [3.05, 3.63) is 173 Å². The van der Waals surface area contributed by atoms with Gasteiger partial charge in [0, 0.05) is 17.8 Å². The van der Waals surface area contributed by atoms with Gasteiger partial charge in [0.05, 0.1) is 17.8 Å². The fraction of sp³-hybridized carbons (Fsp3) is 0.147. The largest absolute Gasteiger partial charge is 0.319 e. The van der Waals surface area contributed by atoms with E-state index in [4.69, 9.17) is 16.6 Å². The number of allylic oxidation sites excluding steroid dienone is 1. The number of hydrogen-bond donors (Lipinski definition) is 1. The zero-order valence-electron chi connectivity index (χ0n) is 22.6. The van der Waals surface area contributed by atoms with Crippen LogP contribution >= 0.6 is 11.6 Å². The van der Waals surface area contributed by atoms with Gasteiger partial charge >= 0.3 is 0 Å². The second-order valence-corrected chi connectivity index (χ2v) is 12.1. The summed E-state index contributed by atoms with van der Waals surface area (Å²) in [4.78, 5) is 4.76. The van der Waals surface area contributed by atoms with E-state index in [2.05, 4.69) is 88.3 Å². The molecule has 0 radical (unpaired) electrons. The van der Waals surface area contributed by atoms with Gasteiger partial charge in [0.2, 0.25) is 10.0 Å². The first-order valence-corrected chi connectivity index (χ1v) is 15.6. The first-order chi connectivity index (χ1) is 20.0. The van der Waals surface area contributed by atoms with Crippen molar-refractivity contribution in [2.24, 2.45) is 0 Å². The molecule has 41 heavy (non-hydrogen) atoms. The molecule has 5 aromatic rings. The fourth-order valence-electron chi connectivity index (χ4n) is 5.06. The summed E-state index contributed by atoms with van der Waals surface area (Å²) in [5.74, 6) is -0.0752. The molecule has 0 bridgehead atoms. The highest BCUT2D eigenvalue weighted by molar-refractivity contribution is 7.89. The van der Waals surface area contributed by atoms with E-state index in [0.717, 1.165) is 27.9 Å².